The summed E-state index contributed by atoms with van der Waals surface area (Å²) in [4.78, 5) is 3.46. The Morgan fingerprint density at radius 2 is 1.93 bits per heavy atom. The number of aliphatic hydroxyl groups is 1. The Morgan fingerprint density at radius 1 is 1.20 bits per heavy atom. The van der Waals surface area contributed by atoms with E-state index in [9.17, 15) is 5.11 Å². The van der Waals surface area contributed by atoms with Crippen molar-refractivity contribution in [3.05, 3.63) is 70.3 Å². The molecule has 0 aliphatic heterocycles. The molecule has 3 rings (SSSR count). The van der Waals surface area contributed by atoms with Gasteiger partial charge in [0.15, 0.2) is 0 Å². The Labute approximate surface area is 221 Å². The van der Waals surface area contributed by atoms with E-state index in [1.165, 1.54) is 0 Å². The molecule has 0 saturated carbocycles. The van der Waals surface area contributed by atoms with E-state index in [-0.39, 0.29) is 57.3 Å². The van der Waals surface area contributed by atoms with Crippen LogP contribution in [0.2, 0.25) is 0 Å². The van der Waals surface area contributed by atoms with Gasteiger partial charge in [0.1, 0.15) is 11.4 Å². The maximum atomic E-state index is 11.6. The van der Waals surface area contributed by atoms with Gasteiger partial charge in [0, 0.05) is 10.9 Å². The third-order valence-corrected chi connectivity index (χ3v) is 5.81. The number of ether oxygens (including phenoxy) is 1. The number of para-hydroxylation sites is 1. The predicted octanol–water partition coefficient (Wildman–Crippen LogP) is 2.33. The number of aromatic nitrogens is 1. The minimum atomic E-state index is -1.20. The van der Waals surface area contributed by atoms with Gasteiger partial charge in [-0.2, -0.15) is 0 Å². The number of benzene rings is 2. The molecule has 0 saturated heterocycles. The third kappa shape index (κ3) is 5.37. The van der Waals surface area contributed by atoms with Gasteiger partial charge in [0.25, 0.3) is 0 Å². The van der Waals surface area contributed by atoms with Gasteiger partial charge >= 0.3 is 51.4 Å². The van der Waals surface area contributed by atoms with Crippen molar-refractivity contribution in [2.45, 2.75) is 45.6 Å². The first-order valence-electron chi connectivity index (χ1n) is 10.2. The van der Waals surface area contributed by atoms with Crippen LogP contribution in [0.25, 0.3) is 16.4 Å². The molecule has 1 aromatic heterocycles. The number of hydrogen-bond acceptors (Lipinski definition) is 3. The van der Waals surface area contributed by atoms with Gasteiger partial charge in [0.2, 0.25) is 0 Å². The Balaban J connectivity index is 0.00000320. The summed E-state index contributed by atoms with van der Waals surface area (Å²) in [6.07, 6.45) is 2.53. The molecular formula is C24H31KN2O3. The SMILES string of the molecule is CCc1ccc(C(C)(O)c2[nH]c3ccccc3c2CCC(C)C[N-]O)cc1OC.[K+]. The molecule has 0 fully saturated rings. The largest absolute Gasteiger partial charge is 1.00 e. The fourth-order valence-corrected chi connectivity index (χ4v) is 3.98. The standard InChI is InChI=1S/C24H31N2O3.K/c1-5-17-11-12-18(14-22(17)29-4)24(3,27)23-20(13-10-16(2)15-25-28)19-8-6-7-9-21(19)26-23;/h6-9,11-12,14,16,26-28H,5,10,13,15H2,1-4H3;/q-1;+1. The van der Waals surface area contributed by atoms with Crippen molar-refractivity contribution in [2.75, 3.05) is 13.7 Å². The van der Waals surface area contributed by atoms with Crippen LogP contribution < -0.4 is 56.1 Å². The zero-order valence-corrected chi connectivity index (χ0v) is 21.8. The van der Waals surface area contributed by atoms with Crippen LogP contribution in [0.3, 0.4) is 0 Å². The molecule has 30 heavy (non-hydrogen) atoms. The smallest absolute Gasteiger partial charge is 0.537 e. The van der Waals surface area contributed by atoms with Gasteiger partial charge in [-0.3, -0.25) is 0 Å². The van der Waals surface area contributed by atoms with Crippen LogP contribution in [0.5, 0.6) is 5.75 Å². The molecular weight excluding hydrogens is 403 g/mol. The zero-order chi connectivity index (χ0) is 21.0. The molecule has 0 spiro atoms. The van der Waals surface area contributed by atoms with Crippen LogP contribution in [0.15, 0.2) is 42.5 Å². The van der Waals surface area contributed by atoms with Crippen molar-refractivity contribution in [3.63, 3.8) is 0 Å². The van der Waals surface area contributed by atoms with E-state index in [0.717, 1.165) is 58.3 Å². The summed E-state index contributed by atoms with van der Waals surface area (Å²) < 4.78 is 5.55. The second kappa shape index (κ2) is 11.2. The van der Waals surface area contributed by atoms with Crippen LogP contribution in [0.1, 0.15) is 49.6 Å². The number of hydrogen-bond donors (Lipinski definition) is 3. The Kier molecular flexibility index (Phi) is 9.58. The summed E-state index contributed by atoms with van der Waals surface area (Å²) in [6.45, 7) is 6.41. The number of H-pyrrole nitrogens is 1. The van der Waals surface area contributed by atoms with E-state index in [1.807, 2.05) is 43.3 Å². The third-order valence-electron chi connectivity index (χ3n) is 5.81. The van der Waals surface area contributed by atoms with E-state index in [4.69, 9.17) is 9.94 Å². The van der Waals surface area contributed by atoms with Crippen molar-refractivity contribution >= 4 is 10.9 Å². The normalized spacial score (nSPS) is 14.2. The van der Waals surface area contributed by atoms with Crippen molar-refractivity contribution in [3.8, 4) is 5.75 Å². The number of aromatic amines is 1. The topological polar surface area (TPSA) is 79.6 Å². The number of nitrogens with zero attached hydrogens (tertiary/aromatic N) is 1. The van der Waals surface area contributed by atoms with Crippen LogP contribution in [-0.4, -0.2) is 29.0 Å². The maximum absolute atomic E-state index is 11.6. The quantitative estimate of drug-likeness (QED) is 0.357. The molecule has 0 aliphatic rings. The fourth-order valence-electron chi connectivity index (χ4n) is 3.98. The zero-order valence-electron chi connectivity index (χ0n) is 18.7. The van der Waals surface area contributed by atoms with Crippen LogP contribution >= 0.6 is 0 Å². The number of nitrogens with one attached hydrogen (secondary N) is 1. The van der Waals surface area contributed by atoms with Gasteiger partial charge in [-0.25, -0.2) is 0 Å². The molecule has 2 unspecified atom stereocenters. The minimum absolute atomic E-state index is 0. The Morgan fingerprint density at radius 3 is 2.60 bits per heavy atom. The summed E-state index contributed by atoms with van der Waals surface area (Å²) >= 11 is 0. The molecule has 0 radical (unpaired) electrons. The number of hydroxylamine groups is 1. The van der Waals surface area contributed by atoms with Gasteiger partial charge < -0.3 is 25.5 Å². The molecule has 3 N–H and O–H groups in total. The number of fused-ring (bicyclic) bond motifs is 1. The summed E-state index contributed by atoms with van der Waals surface area (Å²) in [5.41, 5.74) is 6.91. The Bertz CT molecular complexity index is 968. The predicted molar refractivity (Wildman–Crippen MR) is 117 cm³/mol. The summed E-state index contributed by atoms with van der Waals surface area (Å²) in [5.74, 6) is 1.05. The maximum Gasteiger partial charge on any atom is 1.00 e. The fraction of sp³-hybridized carbons (Fsp3) is 0.417. The van der Waals surface area contributed by atoms with Gasteiger partial charge in [-0.15, -0.1) is 6.54 Å². The van der Waals surface area contributed by atoms with E-state index in [1.54, 1.807) is 7.11 Å². The molecule has 2 aromatic carbocycles. The van der Waals surface area contributed by atoms with Gasteiger partial charge in [0.05, 0.1) is 12.8 Å². The van der Waals surface area contributed by atoms with Crippen molar-refractivity contribution in [2.24, 2.45) is 5.92 Å². The molecule has 6 heteroatoms. The summed E-state index contributed by atoms with van der Waals surface area (Å²) in [6, 6.07) is 14.1. The van der Waals surface area contributed by atoms with E-state index in [0.29, 0.717) is 6.54 Å². The molecule has 0 bridgehead atoms. The summed E-state index contributed by atoms with van der Waals surface area (Å²) in [5, 5.41) is 21.6. The minimum Gasteiger partial charge on any atom is -0.537 e. The first-order chi connectivity index (χ1) is 13.9. The van der Waals surface area contributed by atoms with Crippen LogP contribution in [-0.2, 0) is 18.4 Å². The summed E-state index contributed by atoms with van der Waals surface area (Å²) in [7, 11) is 1.66. The van der Waals surface area contributed by atoms with Crippen LogP contribution in [0, 0.1) is 5.92 Å². The van der Waals surface area contributed by atoms with Crippen molar-refractivity contribution < 1.29 is 66.4 Å². The van der Waals surface area contributed by atoms with Crippen molar-refractivity contribution in [1.29, 1.82) is 0 Å². The first kappa shape index (κ1) is 25.6. The molecule has 1 heterocycles. The molecule has 5 nitrogen and oxygen atoms in total. The average Bonchev–Trinajstić information content (AvgIpc) is 3.11. The number of aryl methyl sites for hydroxylation is 2. The molecule has 3 aromatic rings. The van der Waals surface area contributed by atoms with Gasteiger partial charge in [-0.05, 0) is 55.0 Å². The second-order valence-electron chi connectivity index (χ2n) is 7.94. The number of rotatable bonds is 9. The first-order valence-corrected chi connectivity index (χ1v) is 10.2. The molecule has 0 aliphatic carbocycles. The molecule has 0 amide bonds. The number of methoxy groups -OCH3 is 1. The van der Waals surface area contributed by atoms with E-state index < -0.39 is 5.60 Å². The van der Waals surface area contributed by atoms with Crippen molar-refractivity contribution in [1.82, 2.24) is 4.98 Å². The second-order valence-corrected chi connectivity index (χ2v) is 7.94. The molecule has 2 atom stereocenters. The molecule has 156 valence electrons. The van der Waals surface area contributed by atoms with Gasteiger partial charge in [-0.1, -0.05) is 50.1 Å². The van der Waals surface area contributed by atoms with Crippen LogP contribution in [0.4, 0.5) is 0 Å². The average molecular weight is 435 g/mol. The Hall–Kier alpha value is -0.704. The van der Waals surface area contributed by atoms with E-state index in [2.05, 4.69) is 30.4 Å². The monoisotopic (exact) mass is 434 g/mol. The van der Waals surface area contributed by atoms with E-state index >= 15 is 0 Å².